The van der Waals surface area contributed by atoms with Crippen molar-refractivity contribution in [3.63, 3.8) is 0 Å². The van der Waals surface area contributed by atoms with E-state index in [4.69, 9.17) is 15.2 Å². The zero-order valence-electron chi connectivity index (χ0n) is 12.1. The molecule has 1 amide bonds. The van der Waals surface area contributed by atoms with Crippen LogP contribution in [0.5, 0.6) is 5.75 Å². The van der Waals surface area contributed by atoms with Gasteiger partial charge in [-0.1, -0.05) is 12.1 Å². The molecule has 1 aromatic carbocycles. The van der Waals surface area contributed by atoms with E-state index in [-0.39, 0.29) is 18.9 Å². The fourth-order valence-electron chi connectivity index (χ4n) is 2.35. The number of amides is 1. The average Bonchev–Trinajstić information content (AvgIpc) is 2.47. The highest BCUT2D eigenvalue weighted by molar-refractivity contribution is 5.76. The van der Waals surface area contributed by atoms with E-state index in [1.807, 2.05) is 0 Å². The predicted molar refractivity (Wildman–Crippen MR) is 77.2 cm³/mol. The Morgan fingerprint density at radius 2 is 2.00 bits per heavy atom. The summed E-state index contributed by atoms with van der Waals surface area (Å²) >= 11 is 0. The normalized spacial score (nSPS) is 17.4. The lowest BCUT2D eigenvalue weighted by Crippen LogP contribution is -3.15. The maximum atomic E-state index is 10.8. The van der Waals surface area contributed by atoms with E-state index in [0.717, 1.165) is 31.9 Å². The third kappa shape index (κ3) is 5.71. The molecule has 1 atom stereocenters. The molecule has 6 heteroatoms. The summed E-state index contributed by atoms with van der Waals surface area (Å²) < 4.78 is 10.8. The number of hydrogen-bond donors (Lipinski definition) is 3. The highest BCUT2D eigenvalue weighted by Crippen LogP contribution is 2.12. The van der Waals surface area contributed by atoms with Gasteiger partial charge in [-0.2, -0.15) is 0 Å². The third-order valence-corrected chi connectivity index (χ3v) is 3.47. The van der Waals surface area contributed by atoms with Gasteiger partial charge in [0.15, 0.2) is 0 Å². The van der Waals surface area contributed by atoms with Gasteiger partial charge < -0.3 is 25.2 Å². The molecule has 0 spiro atoms. The molecular formula is C15H23N2O4+. The van der Waals surface area contributed by atoms with Crippen LogP contribution in [0.1, 0.15) is 5.56 Å². The number of benzene rings is 1. The molecule has 0 aromatic heterocycles. The minimum Gasteiger partial charge on any atom is -0.491 e. The fraction of sp³-hybridized carbons (Fsp3) is 0.533. The highest BCUT2D eigenvalue weighted by Gasteiger charge is 2.18. The number of carbonyl (C=O) groups is 1. The quantitative estimate of drug-likeness (QED) is 0.564. The Hall–Kier alpha value is -1.63. The second-order valence-electron chi connectivity index (χ2n) is 5.32. The van der Waals surface area contributed by atoms with Crippen molar-refractivity contribution in [1.29, 1.82) is 0 Å². The maximum Gasteiger partial charge on any atom is 0.221 e. The molecule has 116 valence electrons. The van der Waals surface area contributed by atoms with Crippen LogP contribution in [0.25, 0.3) is 0 Å². The lowest BCUT2D eigenvalue weighted by Gasteiger charge is -2.25. The number of hydrogen-bond acceptors (Lipinski definition) is 4. The van der Waals surface area contributed by atoms with Gasteiger partial charge in [-0.15, -0.1) is 0 Å². The van der Waals surface area contributed by atoms with Crippen LogP contribution in [0.2, 0.25) is 0 Å². The molecule has 4 N–H and O–H groups in total. The SMILES string of the molecule is NC(=O)Cc1ccc(OC[C@H](O)C[NH+]2CCOCC2)cc1. The number of carbonyl (C=O) groups excluding carboxylic acids is 1. The number of nitrogens with two attached hydrogens (primary N) is 1. The summed E-state index contributed by atoms with van der Waals surface area (Å²) in [5.74, 6) is 0.326. The summed E-state index contributed by atoms with van der Waals surface area (Å²) in [5, 5.41) is 9.99. The summed E-state index contributed by atoms with van der Waals surface area (Å²) in [6.45, 7) is 4.30. The molecule has 0 aliphatic carbocycles. The van der Waals surface area contributed by atoms with Gasteiger partial charge >= 0.3 is 0 Å². The summed E-state index contributed by atoms with van der Waals surface area (Å²) in [6, 6.07) is 7.18. The number of aliphatic hydroxyl groups excluding tert-OH is 1. The van der Waals surface area contributed by atoms with Gasteiger partial charge in [-0.05, 0) is 17.7 Å². The van der Waals surface area contributed by atoms with Gasteiger partial charge in [0.25, 0.3) is 0 Å². The van der Waals surface area contributed by atoms with Gasteiger partial charge in [0.2, 0.25) is 5.91 Å². The summed E-state index contributed by atoms with van der Waals surface area (Å²) in [7, 11) is 0. The van der Waals surface area contributed by atoms with Crippen LogP contribution in [0.3, 0.4) is 0 Å². The van der Waals surface area contributed by atoms with Crippen molar-refractivity contribution in [2.45, 2.75) is 12.5 Å². The summed E-state index contributed by atoms with van der Waals surface area (Å²) in [5.41, 5.74) is 5.99. The zero-order chi connectivity index (χ0) is 15.1. The molecule has 1 aliphatic heterocycles. The molecule has 0 unspecified atom stereocenters. The molecular weight excluding hydrogens is 272 g/mol. The van der Waals surface area contributed by atoms with E-state index in [1.165, 1.54) is 4.90 Å². The van der Waals surface area contributed by atoms with Crippen molar-refractivity contribution in [1.82, 2.24) is 0 Å². The second-order valence-corrected chi connectivity index (χ2v) is 5.32. The molecule has 1 saturated heterocycles. The Balaban J connectivity index is 1.72. The number of rotatable bonds is 7. The molecule has 6 nitrogen and oxygen atoms in total. The number of quaternary nitrogens is 1. The monoisotopic (exact) mass is 295 g/mol. The lowest BCUT2D eigenvalue weighted by atomic mass is 10.1. The van der Waals surface area contributed by atoms with Gasteiger partial charge in [0, 0.05) is 0 Å². The molecule has 1 heterocycles. The van der Waals surface area contributed by atoms with Crippen LogP contribution in [0.4, 0.5) is 0 Å². The average molecular weight is 295 g/mol. The number of ether oxygens (including phenoxy) is 2. The van der Waals surface area contributed by atoms with Crippen LogP contribution in [0, 0.1) is 0 Å². The largest absolute Gasteiger partial charge is 0.491 e. The van der Waals surface area contributed by atoms with E-state index in [1.54, 1.807) is 24.3 Å². The van der Waals surface area contributed by atoms with Gasteiger partial charge in [0.1, 0.15) is 38.1 Å². The Kier molecular flexibility index (Phi) is 5.98. The molecule has 1 fully saturated rings. The van der Waals surface area contributed by atoms with E-state index in [0.29, 0.717) is 12.3 Å². The van der Waals surface area contributed by atoms with Gasteiger partial charge in [0.05, 0.1) is 19.6 Å². The van der Waals surface area contributed by atoms with Crippen LogP contribution < -0.4 is 15.4 Å². The number of nitrogens with one attached hydrogen (secondary N) is 1. The van der Waals surface area contributed by atoms with Crippen molar-refractivity contribution in [2.75, 3.05) is 39.5 Å². The molecule has 0 radical (unpaired) electrons. The smallest absolute Gasteiger partial charge is 0.221 e. The number of morpholine rings is 1. The third-order valence-electron chi connectivity index (χ3n) is 3.47. The van der Waals surface area contributed by atoms with Crippen LogP contribution in [-0.4, -0.2) is 56.6 Å². The first kappa shape index (κ1) is 15.8. The van der Waals surface area contributed by atoms with Crippen molar-refractivity contribution < 1.29 is 24.3 Å². The lowest BCUT2D eigenvalue weighted by molar-refractivity contribution is -0.911. The molecule has 0 bridgehead atoms. The van der Waals surface area contributed by atoms with Crippen molar-refractivity contribution in [3.05, 3.63) is 29.8 Å². The fourth-order valence-corrected chi connectivity index (χ4v) is 2.35. The first-order valence-electron chi connectivity index (χ1n) is 7.23. The Morgan fingerprint density at radius 3 is 2.62 bits per heavy atom. The minimum atomic E-state index is -0.497. The van der Waals surface area contributed by atoms with E-state index in [2.05, 4.69) is 0 Å². The highest BCUT2D eigenvalue weighted by atomic mass is 16.5. The van der Waals surface area contributed by atoms with E-state index >= 15 is 0 Å². The summed E-state index contributed by atoms with van der Waals surface area (Å²) in [4.78, 5) is 12.1. The zero-order valence-corrected chi connectivity index (χ0v) is 12.1. The molecule has 0 saturated carbocycles. The molecule has 1 aromatic rings. The minimum absolute atomic E-state index is 0.225. The first-order chi connectivity index (χ1) is 10.1. The molecule has 1 aliphatic rings. The van der Waals surface area contributed by atoms with Gasteiger partial charge in [-0.25, -0.2) is 0 Å². The second kappa shape index (κ2) is 7.97. The number of primary amides is 1. The maximum absolute atomic E-state index is 10.8. The standard InChI is InChI=1S/C15H22N2O4/c16-15(19)9-12-1-3-14(4-2-12)21-11-13(18)10-17-5-7-20-8-6-17/h1-4,13,18H,5-11H2,(H2,16,19)/p+1/t13-/m1/s1. The first-order valence-corrected chi connectivity index (χ1v) is 7.23. The van der Waals surface area contributed by atoms with E-state index < -0.39 is 6.10 Å². The molecule has 21 heavy (non-hydrogen) atoms. The van der Waals surface area contributed by atoms with Crippen molar-refractivity contribution >= 4 is 5.91 Å². The van der Waals surface area contributed by atoms with E-state index in [9.17, 15) is 9.90 Å². The Bertz CT molecular complexity index is 443. The van der Waals surface area contributed by atoms with Crippen molar-refractivity contribution in [3.8, 4) is 5.75 Å². The van der Waals surface area contributed by atoms with Crippen LogP contribution in [0.15, 0.2) is 24.3 Å². The topological polar surface area (TPSA) is 86.2 Å². The summed E-state index contributed by atoms with van der Waals surface area (Å²) in [6.07, 6.45) is -0.271. The Morgan fingerprint density at radius 1 is 1.33 bits per heavy atom. The van der Waals surface area contributed by atoms with Crippen molar-refractivity contribution in [2.24, 2.45) is 5.73 Å². The van der Waals surface area contributed by atoms with Gasteiger partial charge in [-0.3, -0.25) is 4.79 Å². The van der Waals surface area contributed by atoms with Crippen LogP contribution in [-0.2, 0) is 16.0 Å². The predicted octanol–water partition coefficient (Wildman–Crippen LogP) is -1.63. The Labute approximate surface area is 124 Å². The number of aliphatic hydroxyl groups is 1. The van der Waals surface area contributed by atoms with Crippen LogP contribution >= 0.6 is 0 Å². The molecule has 2 rings (SSSR count).